The molecule has 0 unspecified atom stereocenters. The van der Waals surface area contributed by atoms with Crippen LogP contribution >= 0.6 is 11.6 Å². The first-order valence-electron chi connectivity index (χ1n) is 6.70. The molecule has 1 aromatic rings. The molecule has 1 aliphatic rings. The van der Waals surface area contributed by atoms with Crippen molar-refractivity contribution in [3.05, 3.63) is 29.8 Å². The Balaban J connectivity index is 2.33. The first-order chi connectivity index (χ1) is 9.05. The van der Waals surface area contributed by atoms with E-state index in [4.69, 9.17) is 11.6 Å². The summed E-state index contributed by atoms with van der Waals surface area (Å²) in [4.78, 5) is 0.379. The first-order valence-corrected chi connectivity index (χ1v) is 8.67. The molecule has 0 radical (unpaired) electrons. The van der Waals surface area contributed by atoms with Gasteiger partial charge >= 0.3 is 0 Å². The van der Waals surface area contributed by atoms with Crippen LogP contribution in [0.15, 0.2) is 29.2 Å². The molecule has 1 aromatic carbocycles. The van der Waals surface area contributed by atoms with Gasteiger partial charge in [-0.3, -0.25) is 0 Å². The van der Waals surface area contributed by atoms with Crippen LogP contribution in [0, 0.1) is 6.92 Å². The topological polar surface area (TPSA) is 37.4 Å². The average Bonchev–Trinajstić information content (AvgIpc) is 2.89. The molecule has 106 valence electrons. The zero-order valence-electron chi connectivity index (χ0n) is 11.2. The molecule has 0 heterocycles. The van der Waals surface area contributed by atoms with Crippen molar-refractivity contribution in [3.63, 3.8) is 0 Å². The smallest absolute Gasteiger partial charge is 0.207 e. The lowest BCUT2D eigenvalue weighted by Gasteiger charge is -2.27. The summed E-state index contributed by atoms with van der Waals surface area (Å²) in [5.41, 5.74) is 0.957. The highest BCUT2D eigenvalue weighted by Gasteiger charge is 2.32. The Morgan fingerprint density at radius 3 is 2.58 bits per heavy atom. The van der Waals surface area contributed by atoms with Crippen molar-refractivity contribution in [2.24, 2.45) is 0 Å². The molecule has 1 aliphatic carbocycles. The third-order valence-electron chi connectivity index (χ3n) is 3.63. The maximum atomic E-state index is 12.7. The number of rotatable bonds is 5. The number of hydrogen-bond acceptors (Lipinski definition) is 2. The van der Waals surface area contributed by atoms with Crippen LogP contribution < -0.4 is 0 Å². The lowest BCUT2D eigenvalue weighted by Crippen LogP contribution is -2.40. The van der Waals surface area contributed by atoms with Crippen LogP contribution in [-0.2, 0) is 10.0 Å². The van der Waals surface area contributed by atoms with E-state index in [9.17, 15) is 8.42 Å². The summed E-state index contributed by atoms with van der Waals surface area (Å²) in [5, 5.41) is 0. The summed E-state index contributed by atoms with van der Waals surface area (Å²) in [6.45, 7) is 2.29. The molecule has 1 fully saturated rings. The van der Waals surface area contributed by atoms with E-state index < -0.39 is 10.0 Å². The molecule has 0 aromatic heterocycles. The molecule has 2 rings (SSSR count). The van der Waals surface area contributed by atoms with Gasteiger partial charge in [0.15, 0.2) is 0 Å². The Kier molecular flexibility index (Phi) is 4.87. The summed E-state index contributed by atoms with van der Waals surface area (Å²) >= 11 is 5.79. The normalized spacial score (nSPS) is 17.2. The second-order valence-electron chi connectivity index (χ2n) is 5.06. The zero-order chi connectivity index (χ0) is 13.9. The number of alkyl halides is 1. The van der Waals surface area contributed by atoms with Gasteiger partial charge in [0.1, 0.15) is 0 Å². The molecule has 1 saturated carbocycles. The van der Waals surface area contributed by atoms with Crippen LogP contribution in [0.3, 0.4) is 0 Å². The largest absolute Gasteiger partial charge is 0.243 e. The molecule has 0 saturated heterocycles. The third-order valence-corrected chi connectivity index (χ3v) is 5.75. The lowest BCUT2D eigenvalue weighted by atomic mass is 10.2. The highest BCUT2D eigenvalue weighted by Crippen LogP contribution is 2.28. The van der Waals surface area contributed by atoms with Crippen molar-refractivity contribution in [1.29, 1.82) is 0 Å². The SMILES string of the molecule is Cc1cccc(S(=O)(=O)N(CCCl)C2CCCC2)c1. The van der Waals surface area contributed by atoms with E-state index in [0.717, 1.165) is 31.2 Å². The van der Waals surface area contributed by atoms with E-state index in [1.54, 1.807) is 22.5 Å². The predicted octanol–water partition coefficient (Wildman–Crippen LogP) is 3.17. The predicted molar refractivity (Wildman–Crippen MR) is 78.0 cm³/mol. The second-order valence-corrected chi connectivity index (χ2v) is 7.33. The van der Waals surface area contributed by atoms with Gasteiger partial charge in [-0.1, -0.05) is 25.0 Å². The van der Waals surface area contributed by atoms with Crippen molar-refractivity contribution in [2.45, 2.75) is 43.5 Å². The molecule has 5 heteroatoms. The molecule has 0 aliphatic heterocycles. The van der Waals surface area contributed by atoms with E-state index >= 15 is 0 Å². The van der Waals surface area contributed by atoms with Gasteiger partial charge in [-0.25, -0.2) is 8.42 Å². The minimum atomic E-state index is -3.42. The minimum Gasteiger partial charge on any atom is -0.207 e. The van der Waals surface area contributed by atoms with Gasteiger partial charge in [0.05, 0.1) is 4.90 Å². The van der Waals surface area contributed by atoms with Crippen molar-refractivity contribution in [1.82, 2.24) is 4.31 Å². The summed E-state index contributed by atoms with van der Waals surface area (Å²) in [6.07, 6.45) is 4.10. The van der Waals surface area contributed by atoms with Crippen molar-refractivity contribution >= 4 is 21.6 Å². The van der Waals surface area contributed by atoms with Crippen LogP contribution in [0.1, 0.15) is 31.2 Å². The van der Waals surface area contributed by atoms with Crippen LogP contribution in [0.4, 0.5) is 0 Å². The van der Waals surface area contributed by atoms with Gasteiger partial charge in [0.2, 0.25) is 10.0 Å². The minimum absolute atomic E-state index is 0.115. The maximum Gasteiger partial charge on any atom is 0.243 e. The highest BCUT2D eigenvalue weighted by molar-refractivity contribution is 7.89. The standard InChI is InChI=1S/C14H20ClNO2S/c1-12-5-4-8-14(11-12)19(17,18)16(10-9-15)13-6-2-3-7-13/h4-5,8,11,13H,2-3,6-7,9-10H2,1H3. The van der Waals surface area contributed by atoms with Crippen molar-refractivity contribution < 1.29 is 8.42 Å². The maximum absolute atomic E-state index is 12.7. The molecular formula is C14H20ClNO2S. The number of hydrogen-bond donors (Lipinski definition) is 0. The molecular weight excluding hydrogens is 282 g/mol. The number of sulfonamides is 1. The first kappa shape index (κ1) is 14.8. The Morgan fingerprint density at radius 2 is 2.00 bits per heavy atom. The average molecular weight is 302 g/mol. The summed E-state index contributed by atoms with van der Waals surface area (Å²) in [6, 6.07) is 7.20. The molecule has 0 spiro atoms. The van der Waals surface area contributed by atoms with Gasteiger partial charge in [-0.05, 0) is 37.5 Å². The van der Waals surface area contributed by atoms with E-state index in [1.165, 1.54) is 0 Å². The summed E-state index contributed by atoms with van der Waals surface area (Å²) in [7, 11) is -3.42. The van der Waals surface area contributed by atoms with Crippen LogP contribution in [0.5, 0.6) is 0 Å². The van der Waals surface area contributed by atoms with Crippen LogP contribution in [-0.4, -0.2) is 31.2 Å². The fourth-order valence-corrected chi connectivity index (χ4v) is 4.76. The van der Waals surface area contributed by atoms with Crippen molar-refractivity contribution in [2.75, 3.05) is 12.4 Å². The van der Waals surface area contributed by atoms with Gasteiger partial charge in [0, 0.05) is 18.5 Å². The summed E-state index contributed by atoms with van der Waals surface area (Å²) in [5.74, 6) is 0.335. The number of halogens is 1. The molecule has 0 N–H and O–H groups in total. The molecule has 3 nitrogen and oxygen atoms in total. The van der Waals surface area contributed by atoms with Gasteiger partial charge in [0.25, 0.3) is 0 Å². The molecule has 0 atom stereocenters. The van der Waals surface area contributed by atoms with Crippen LogP contribution in [0.2, 0.25) is 0 Å². The van der Waals surface area contributed by atoms with Gasteiger partial charge < -0.3 is 0 Å². The lowest BCUT2D eigenvalue weighted by molar-refractivity contribution is 0.337. The monoisotopic (exact) mass is 301 g/mol. The molecule has 0 amide bonds. The van der Waals surface area contributed by atoms with E-state index in [0.29, 0.717) is 17.3 Å². The molecule has 0 bridgehead atoms. The van der Waals surface area contributed by atoms with Gasteiger partial charge in [-0.2, -0.15) is 4.31 Å². The fraction of sp³-hybridized carbons (Fsp3) is 0.571. The van der Waals surface area contributed by atoms with E-state index in [-0.39, 0.29) is 6.04 Å². The Labute approximate surface area is 120 Å². The Hall–Kier alpha value is -0.580. The van der Waals surface area contributed by atoms with E-state index in [2.05, 4.69) is 0 Å². The number of benzene rings is 1. The van der Waals surface area contributed by atoms with Crippen molar-refractivity contribution in [3.8, 4) is 0 Å². The summed E-state index contributed by atoms with van der Waals surface area (Å²) < 4.78 is 27.1. The molecule has 19 heavy (non-hydrogen) atoms. The Morgan fingerprint density at radius 1 is 1.32 bits per heavy atom. The second kappa shape index (κ2) is 6.25. The third kappa shape index (κ3) is 3.30. The highest BCUT2D eigenvalue weighted by atomic mass is 35.5. The Bertz CT molecular complexity index is 524. The zero-order valence-corrected chi connectivity index (χ0v) is 12.8. The van der Waals surface area contributed by atoms with Crippen LogP contribution in [0.25, 0.3) is 0 Å². The van der Waals surface area contributed by atoms with E-state index in [1.807, 2.05) is 13.0 Å². The number of nitrogens with zero attached hydrogens (tertiary/aromatic N) is 1. The quantitative estimate of drug-likeness (QED) is 0.783. The van der Waals surface area contributed by atoms with Gasteiger partial charge in [-0.15, -0.1) is 11.6 Å². The number of aryl methyl sites for hydroxylation is 1. The fourth-order valence-electron chi connectivity index (χ4n) is 2.69.